The Morgan fingerprint density at radius 3 is 2.42 bits per heavy atom. The Bertz CT molecular complexity index is 377. The molecule has 2 fully saturated rings. The van der Waals surface area contributed by atoms with Crippen molar-refractivity contribution in [2.75, 3.05) is 13.1 Å². The van der Waals surface area contributed by atoms with Crippen molar-refractivity contribution in [2.45, 2.75) is 59.0 Å². The van der Waals surface area contributed by atoms with Crippen LogP contribution in [-0.4, -0.2) is 35.5 Å². The topological polar surface area (TPSA) is 46.6 Å². The molecule has 1 spiro atoms. The van der Waals surface area contributed by atoms with Gasteiger partial charge in [0, 0.05) is 19.0 Å². The zero-order valence-corrected chi connectivity index (χ0v) is 12.5. The van der Waals surface area contributed by atoms with E-state index >= 15 is 0 Å². The van der Waals surface area contributed by atoms with Crippen molar-refractivity contribution in [3.63, 3.8) is 0 Å². The van der Waals surface area contributed by atoms with Crippen molar-refractivity contribution in [3.05, 3.63) is 0 Å². The highest BCUT2D eigenvalue weighted by Gasteiger charge is 2.49. The number of carbonyl (C=O) groups is 2. The van der Waals surface area contributed by atoms with E-state index in [1.165, 1.54) is 0 Å². The van der Waals surface area contributed by atoms with Gasteiger partial charge in [-0.1, -0.05) is 0 Å². The van der Waals surface area contributed by atoms with Crippen molar-refractivity contribution in [2.24, 2.45) is 11.3 Å². The fourth-order valence-electron chi connectivity index (χ4n) is 3.30. The molecule has 1 aliphatic carbocycles. The average Bonchev–Trinajstić information content (AvgIpc) is 2.23. The number of piperidine rings is 1. The number of hydrogen-bond acceptors (Lipinski definition) is 3. The Morgan fingerprint density at radius 2 is 1.89 bits per heavy atom. The minimum atomic E-state index is -0.441. The van der Waals surface area contributed by atoms with Gasteiger partial charge in [0.15, 0.2) is 0 Å². The van der Waals surface area contributed by atoms with E-state index in [0.29, 0.717) is 5.78 Å². The zero-order chi connectivity index (χ0) is 14.3. The maximum atomic E-state index is 12.1. The number of nitrogens with zero attached hydrogens (tertiary/aromatic N) is 1. The Labute approximate surface area is 115 Å². The van der Waals surface area contributed by atoms with Crippen LogP contribution in [0.2, 0.25) is 0 Å². The molecule has 1 aliphatic heterocycles. The third kappa shape index (κ3) is 3.28. The quantitative estimate of drug-likeness (QED) is 0.733. The summed E-state index contributed by atoms with van der Waals surface area (Å²) in [7, 11) is 0. The maximum absolute atomic E-state index is 12.1. The molecule has 2 rings (SSSR count). The van der Waals surface area contributed by atoms with E-state index in [0.717, 1.165) is 38.8 Å². The summed E-state index contributed by atoms with van der Waals surface area (Å²) in [5, 5.41) is 0. The fourth-order valence-corrected chi connectivity index (χ4v) is 3.30. The Morgan fingerprint density at radius 1 is 1.26 bits per heavy atom. The molecule has 0 radical (unpaired) electrons. The molecular weight excluding hydrogens is 242 g/mol. The highest BCUT2D eigenvalue weighted by molar-refractivity contribution is 5.79. The second kappa shape index (κ2) is 4.80. The summed E-state index contributed by atoms with van der Waals surface area (Å²) in [5.74, 6) is 0.513. The van der Waals surface area contributed by atoms with Crippen LogP contribution < -0.4 is 0 Å². The summed E-state index contributed by atoms with van der Waals surface area (Å²) in [5.41, 5.74) is -0.255. The van der Waals surface area contributed by atoms with Gasteiger partial charge < -0.3 is 9.64 Å². The van der Waals surface area contributed by atoms with Crippen LogP contribution >= 0.6 is 0 Å². The molecule has 2 aliphatic rings. The third-order valence-corrected chi connectivity index (χ3v) is 4.25. The number of ether oxygens (including phenoxy) is 1. The van der Waals surface area contributed by atoms with Gasteiger partial charge in [-0.2, -0.15) is 0 Å². The number of ketones is 1. The van der Waals surface area contributed by atoms with Crippen molar-refractivity contribution in [1.82, 2.24) is 4.90 Å². The molecule has 1 saturated heterocycles. The van der Waals surface area contributed by atoms with E-state index in [1.807, 2.05) is 25.7 Å². The van der Waals surface area contributed by atoms with Crippen molar-refractivity contribution < 1.29 is 14.3 Å². The number of Topliss-reactive ketones (excluding diaryl/α,β-unsaturated/α-hetero) is 1. The van der Waals surface area contributed by atoms with Gasteiger partial charge in [-0.05, 0) is 58.8 Å². The van der Waals surface area contributed by atoms with Crippen LogP contribution in [0.5, 0.6) is 0 Å². The molecule has 0 unspecified atom stereocenters. The van der Waals surface area contributed by atoms with Crippen molar-refractivity contribution in [1.29, 1.82) is 0 Å². The molecule has 0 bridgehead atoms. The minimum Gasteiger partial charge on any atom is -0.444 e. The Kier molecular flexibility index (Phi) is 3.63. The van der Waals surface area contributed by atoms with E-state index in [9.17, 15) is 9.59 Å². The summed E-state index contributed by atoms with van der Waals surface area (Å²) in [6, 6.07) is 0. The Balaban J connectivity index is 1.92. The predicted octanol–water partition coefficient (Wildman–Crippen LogP) is 3.00. The van der Waals surface area contributed by atoms with Gasteiger partial charge in [-0.15, -0.1) is 0 Å². The van der Waals surface area contributed by atoms with E-state index in [2.05, 4.69) is 0 Å². The van der Waals surface area contributed by atoms with Gasteiger partial charge in [-0.3, -0.25) is 4.79 Å². The fraction of sp³-hybridized carbons (Fsp3) is 0.867. The molecule has 1 heterocycles. The van der Waals surface area contributed by atoms with Crippen LogP contribution in [0.1, 0.15) is 53.4 Å². The van der Waals surface area contributed by atoms with Crippen molar-refractivity contribution >= 4 is 11.9 Å². The Hall–Kier alpha value is -1.06. The molecule has 0 N–H and O–H groups in total. The largest absolute Gasteiger partial charge is 0.444 e. The van der Waals surface area contributed by atoms with Gasteiger partial charge in [0.2, 0.25) is 0 Å². The molecule has 108 valence electrons. The van der Waals surface area contributed by atoms with Gasteiger partial charge in [0.05, 0.1) is 0 Å². The number of carbonyl (C=O) groups excluding carboxylic acids is 2. The molecule has 4 heteroatoms. The summed E-state index contributed by atoms with van der Waals surface area (Å²) >= 11 is 0. The van der Waals surface area contributed by atoms with Crippen LogP contribution in [0.3, 0.4) is 0 Å². The number of likely N-dealkylation sites (tertiary alicyclic amines) is 1. The highest BCUT2D eigenvalue weighted by atomic mass is 16.6. The highest BCUT2D eigenvalue weighted by Crippen LogP contribution is 2.51. The smallest absolute Gasteiger partial charge is 0.410 e. The summed E-state index contributed by atoms with van der Waals surface area (Å²) in [6.45, 7) is 8.87. The molecule has 1 saturated carbocycles. The second-order valence-corrected chi connectivity index (χ2v) is 7.22. The zero-order valence-electron chi connectivity index (χ0n) is 12.5. The molecule has 4 nitrogen and oxygen atoms in total. The van der Waals surface area contributed by atoms with Gasteiger partial charge in [0.25, 0.3) is 0 Å². The van der Waals surface area contributed by atoms with E-state index < -0.39 is 5.60 Å². The lowest BCUT2D eigenvalue weighted by Crippen LogP contribution is -2.53. The van der Waals surface area contributed by atoms with Crippen LogP contribution in [0.15, 0.2) is 0 Å². The van der Waals surface area contributed by atoms with Crippen molar-refractivity contribution in [3.8, 4) is 0 Å². The first kappa shape index (κ1) is 14.4. The van der Waals surface area contributed by atoms with Gasteiger partial charge in [-0.25, -0.2) is 4.79 Å². The number of hydrogen-bond donors (Lipinski definition) is 0. The normalized spacial score (nSPS) is 30.9. The van der Waals surface area contributed by atoms with E-state index in [4.69, 9.17) is 4.74 Å². The average molecular weight is 267 g/mol. The molecule has 1 amide bonds. The first-order valence-electron chi connectivity index (χ1n) is 7.19. The first-order valence-corrected chi connectivity index (χ1v) is 7.19. The molecule has 0 aromatic carbocycles. The summed E-state index contributed by atoms with van der Waals surface area (Å²) in [6.07, 6.45) is 3.83. The monoisotopic (exact) mass is 267 g/mol. The standard InChI is InChI=1S/C15H25NO3/c1-11(17)12-8-15(9-12)6-5-7-16(10-15)13(18)19-14(2,3)4/h12H,5-10H2,1-4H3. The molecule has 19 heavy (non-hydrogen) atoms. The predicted molar refractivity (Wildman–Crippen MR) is 72.9 cm³/mol. The van der Waals surface area contributed by atoms with E-state index in [1.54, 1.807) is 6.92 Å². The lowest BCUT2D eigenvalue weighted by Gasteiger charge is -2.52. The molecule has 0 aromatic rings. The van der Waals surface area contributed by atoms with E-state index in [-0.39, 0.29) is 17.4 Å². The minimum absolute atomic E-state index is 0.186. The third-order valence-electron chi connectivity index (χ3n) is 4.25. The van der Waals surface area contributed by atoms with Crippen LogP contribution in [0, 0.1) is 11.3 Å². The molecule has 0 aromatic heterocycles. The molecule has 0 atom stereocenters. The van der Waals surface area contributed by atoms with Gasteiger partial charge in [0.1, 0.15) is 11.4 Å². The first-order chi connectivity index (χ1) is 8.71. The second-order valence-electron chi connectivity index (χ2n) is 7.22. The summed E-state index contributed by atoms with van der Waals surface area (Å²) < 4.78 is 5.43. The maximum Gasteiger partial charge on any atom is 0.410 e. The number of rotatable bonds is 1. The lowest BCUT2D eigenvalue weighted by molar-refractivity contribution is -0.130. The lowest BCUT2D eigenvalue weighted by atomic mass is 9.57. The van der Waals surface area contributed by atoms with Gasteiger partial charge >= 0.3 is 6.09 Å². The van der Waals surface area contributed by atoms with Crippen LogP contribution in [-0.2, 0) is 9.53 Å². The molecular formula is C15H25NO3. The SMILES string of the molecule is CC(=O)C1CC2(CCCN(C(=O)OC(C)(C)C)C2)C1. The number of amides is 1. The summed E-state index contributed by atoms with van der Waals surface area (Å²) in [4.78, 5) is 25.3. The van der Waals surface area contributed by atoms with Crippen LogP contribution in [0.25, 0.3) is 0 Å². The van der Waals surface area contributed by atoms with Crippen LogP contribution in [0.4, 0.5) is 4.79 Å².